The van der Waals surface area contributed by atoms with Crippen molar-refractivity contribution in [2.45, 2.75) is 25.3 Å². The zero-order chi connectivity index (χ0) is 14.1. The molecule has 1 saturated carbocycles. The number of halogens is 2. The molecule has 2 fully saturated rings. The summed E-state index contributed by atoms with van der Waals surface area (Å²) in [5, 5.41) is 0. The first-order valence-electron chi connectivity index (χ1n) is 6.99. The number of hydrogen-bond donors (Lipinski definition) is 0. The van der Waals surface area contributed by atoms with Crippen molar-refractivity contribution in [1.82, 2.24) is 4.90 Å². The van der Waals surface area contributed by atoms with Gasteiger partial charge in [-0.1, -0.05) is 0 Å². The van der Waals surface area contributed by atoms with Crippen molar-refractivity contribution >= 4 is 44.4 Å². The fraction of sp³-hybridized carbons (Fsp3) is 0.533. The zero-order valence-corrected chi connectivity index (χ0v) is 14.9. The number of ether oxygens (including phenoxy) is 1. The molecule has 3 nitrogen and oxygen atoms in total. The van der Waals surface area contributed by atoms with E-state index in [0.717, 1.165) is 52.6 Å². The van der Waals surface area contributed by atoms with Gasteiger partial charge in [0, 0.05) is 33.2 Å². The minimum atomic E-state index is 0.157. The molecule has 1 saturated heterocycles. The van der Waals surface area contributed by atoms with Gasteiger partial charge in [0.2, 0.25) is 0 Å². The summed E-state index contributed by atoms with van der Waals surface area (Å²) in [7, 11) is 0. The third kappa shape index (κ3) is 3.36. The summed E-state index contributed by atoms with van der Waals surface area (Å²) >= 11 is 5.76. The molecule has 2 aliphatic rings. The van der Waals surface area contributed by atoms with Crippen LogP contribution in [0.4, 0.5) is 0 Å². The first-order valence-corrected chi connectivity index (χ1v) is 8.86. The molecule has 3 rings (SSSR count). The van der Waals surface area contributed by atoms with Crippen molar-refractivity contribution < 1.29 is 9.53 Å². The molecule has 1 aromatic carbocycles. The summed E-state index contributed by atoms with van der Waals surface area (Å²) in [4.78, 5) is 14.9. The van der Waals surface area contributed by atoms with Crippen LogP contribution in [0, 0.1) is 9.49 Å². The van der Waals surface area contributed by atoms with E-state index in [1.165, 1.54) is 0 Å². The van der Waals surface area contributed by atoms with Crippen LogP contribution in [0.5, 0.6) is 0 Å². The Balaban J connectivity index is 1.79. The number of nitrogens with zero attached hydrogens (tertiary/aromatic N) is 1. The first-order chi connectivity index (χ1) is 9.65. The summed E-state index contributed by atoms with van der Waals surface area (Å²) in [6.07, 6.45) is 3.35. The van der Waals surface area contributed by atoms with Crippen molar-refractivity contribution in [2.24, 2.45) is 5.92 Å². The van der Waals surface area contributed by atoms with E-state index >= 15 is 0 Å². The van der Waals surface area contributed by atoms with Gasteiger partial charge in [-0.15, -0.1) is 0 Å². The van der Waals surface area contributed by atoms with Crippen LogP contribution < -0.4 is 0 Å². The lowest BCUT2D eigenvalue weighted by Gasteiger charge is -2.25. The molecule has 1 aliphatic carbocycles. The standard InChI is InChI=1S/C15H17BrINO2/c16-14-4-1-11(17)7-13(14)15(19)18(12-2-3-12)8-10-5-6-20-9-10/h1,4,7,10,12H,2-3,5-6,8-9H2. The molecule has 1 aromatic rings. The number of rotatable bonds is 4. The van der Waals surface area contributed by atoms with Gasteiger partial charge in [0.1, 0.15) is 0 Å². The lowest BCUT2D eigenvalue weighted by molar-refractivity contribution is 0.0705. The molecule has 0 N–H and O–H groups in total. The highest BCUT2D eigenvalue weighted by Gasteiger charge is 2.35. The molecule has 1 amide bonds. The monoisotopic (exact) mass is 449 g/mol. The second-order valence-electron chi connectivity index (χ2n) is 5.54. The van der Waals surface area contributed by atoms with Crippen LogP contribution in [0.25, 0.3) is 0 Å². The summed E-state index contributed by atoms with van der Waals surface area (Å²) in [6, 6.07) is 6.37. The smallest absolute Gasteiger partial charge is 0.255 e. The van der Waals surface area contributed by atoms with E-state index in [9.17, 15) is 4.79 Å². The Labute approximate surface area is 141 Å². The predicted octanol–water partition coefficient (Wildman–Crippen LogP) is 3.69. The van der Waals surface area contributed by atoms with Crippen LogP contribution in [0.1, 0.15) is 29.6 Å². The van der Waals surface area contributed by atoms with Gasteiger partial charge >= 0.3 is 0 Å². The number of amides is 1. The zero-order valence-electron chi connectivity index (χ0n) is 11.1. The minimum absolute atomic E-state index is 0.157. The van der Waals surface area contributed by atoms with Crippen LogP contribution in [0.2, 0.25) is 0 Å². The van der Waals surface area contributed by atoms with Gasteiger partial charge in [0.05, 0.1) is 12.2 Å². The van der Waals surface area contributed by atoms with Gasteiger partial charge in [0.25, 0.3) is 5.91 Å². The Bertz CT molecular complexity index is 513. The molecule has 0 aromatic heterocycles. The normalized spacial score (nSPS) is 22.0. The van der Waals surface area contributed by atoms with Gasteiger partial charge in [0.15, 0.2) is 0 Å². The van der Waals surface area contributed by atoms with Gasteiger partial charge in [-0.3, -0.25) is 4.79 Å². The Morgan fingerprint density at radius 2 is 2.20 bits per heavy atom. The van der Waals surface area contributed by atoms with E-state index in [2.05, 4.69) is 43.4 Å². The minimum Gasteiger partial charge on any atom is -0.381 e. The Kier molecular flexibility index (Phi) is 4.67. The fourth-order valence-corrected chi connectivity index (χ4v) is 3.51. The lowest BCUT2D eigenvalue weighted by atomic mass is 10.1. The van der Waals surface area contributed by atoms with Crippen molar-refractivity contribution in [3.8, 4) is 0 Å². The highest BCUT2D eigenvalue weighted by atomic mass is 127. The van der Waals surface area contributed by atoms with E-state index in [1.54, 1.807) is 0 Å². The number of hydrogen-bond acceptors (Lipinski definition) is 2. The van der Waals surface area contributed by atoms with Crippen LogP contribution in [0.15, 0.2) is 22.7 Å². The van der Waals surface area contributed by atoms with E-state index in [-0.39, 0.29) is 5.91 Å². The Morgan fingerprint density at radius 3 is 2.85 bits per heavy atom. The molecule has 0 radical (unpaired) electrons. The number of carbonyl (C=O) groups is 1. The first kappa shape index (κ1) is 14.8. The van der Waals surface area contributed by atoms with Crippen molar-refractivity contribution in [3.05, 3.63) is 31.8 Å². The lowest BCUT2D eigenvalue weighted by Crippen LogP contribution is -2.37. The quantitative estimate of drug-likeness (QED) is 0.656. The third-order valence-electron chi connectivity index (χ3n) is 3.89. The van der Waals surface area contributed by atoms with Crippen LogP contribution in [-0.4, -0.2) is 36.6 Å². The molecular weight excluding hydrogens is 433 g/mol. The van der Waals surface area contributed by atoms with Crippen LogP contribution in [0.3, 0.4) is 0 Å². The van der Waals surface area contributed by atoms with Crippen molar-refractivity contribution in [3.63, 3.8) is 0 Å². The van der Waals surface area contributed by atoms with E-state index in [0.29, 0.717) is 12.0 Å². The average Bonchev–Trinajstić information content (AvgIpc) is 3.15. The third-order valence-corrected chi connectivity index (χ3v) is 5.25. The Morgan fingerprint density at radius 1 is 1.40 bits per heavy atom. The van der Waals surface area contributed by atoms with Gasteiger partial charge in [-0.05, 0) is 76.0 Å². The SMILES string of the molecule is O=C(c1cc(I)ccc1Br)N(CC1CCOC1)C1CC1. The molecule has 1 aliphatic heterocycles. The molecule has 0 bridgehead atoms. The average molecular weight is 450 g/mol. The van der Waals surface area contributed by atoms with Gasteiger partial charge in [-0.2, -0.15) is 0 Å². The summed E-state index contributed by atoms with van der Waals surface area (Å²) in [6.45, 7) is 2.47. The number of benzene rings is 1. The molecule has 1 atom stereocenters. The highest BCUT2D eigenvalue weighted by Crippen LogP contribution is 2.32. The molecule has 0 spiro atoms. The maximum Gasteiger partial charge on any atom is 0.255 e. The van der Waals surface area contributed by atoms with Gasteiger partial charge in [-0.25, -0.2) is 0 Å². The molecule has 20 heavy (non-hydrogen) atoms. The van der Waals surface area contributed by atoms with Gasteiger partial charge < -0.3 is 9.64 Å². The maximum atomic E-state index is 12.8. The van der Waals surface area contributed by atoms with Crippen LogP contribution in [-0.2, 0) is 4.74 Å². The molecular formula is C15H17BrINO2. The van der Waals surface area contributed by atoms with E-state index in [4.69, 9.17) is 4.74 Å². The summed E-state index contributed by atoms with van der Waals surface area (Å²) < 4.78 is 7.42. The Hall–Kier alpha value is -0.140. The van der Waals surface area contributed by atoms with Crippen molar-refractivity contribution in [1.29, 1.82) is 0 Å². The number of carbonyl (C=O) groups excluding carboxylic acids is 1. The maximum absolute atomic E-state index is 12.8. The fourth-order valence-electron chi connectivity index (χ4n) is 2.61. The molecule has 1 heterocycles. The molecule has 5 heteroatoms. The largest absolute Gasteiger partial charge is 0.381 e. The second-order valence-corrected chi connectivity index (χ2v) is 7.64. The van der Waals surface area contributed by atoms with Crippen molar-refractivity contribution in [2.75, 3.05) is 19.8 Å². The second kappa shape index (κ2) is 6.32. The molecule has 108 valence electrons. The molecule has 1 unspecified atom stereocenters. The summed E-state index contributed by atoms with van der Waals surface area (Å²) in [5.74, 6) is 0.658. The summed E-state index contributed by atoms with van der Waals surface area (Å²) in [5.41, 5.74) is 0.780. The van der Waals surface area contributed by atoms with E-state index < -0.39 is 0 Å². The topological polar surface area (TPSA) is 29.5 Å². The predicted molar refractivity (Wildman–Crippen MR) is 89.8 cm³/mol. The van der Waals surface area contributed by atoms with Crippen LogP contribution >= 0.6 is 38.5 Å². The highest BCUT2D eigenvalue weighted by molar-refractivity contribution is 14.1. The van der Waals surface area contributed by atoms with E-state index in [1.807, 2.05) is 18.2 Å².